The van der Waals surface area contributed by atoms with Crippen molar-refractivity contribution in [2.24, 2.45) is 0 Å². The van der Waals surface area contributed by atoms with Crippen LogP contribution in [0, 0.1) is 5.82 Å². The van der Waals surface area contributed by atoms with Crippen molar-refractivity contribution in [2.45, 2.75) is 18.9 Å². The van der Waals surface area contributed by atoms with Gasteiger partial charge in [-0.15, -0.1) is 0 Å². The van der Waals surface area contributed by atoms with E-state index < -0.39 is 0 Å². The first-order valence-electron chi connectivity index (χ1n) is 12.3. The van der Waals surface area contributed by atoms with Gasteiger partial charge in [0.15, 0.2) is 11.5 Å². The molecule has 0 aliphatic carbocycles. The summed E-state index contributed by atoms with van der Waals surface area (Å²) in [6.45, 7) is 4.76. The summed E-state index contributed by atoms with van der Waals surface area (Å²) in [5, 5.41) is 4.39. The van der Waals surface area contributed by atoms with Gasteiger partial charge >= 0.3 is 0 Å². The van der Waals surface area contributed by atoms with Crippen LogP contribution in [0.4, 0.5) is 15.9 Å². The van der Waals surface area contributed by atoms with Crippen molar-refractivity contribution in [3.63, 3.8) is 0 Å². The molecule has 0 radical (unpaired) electrons. The molecule has 1 saturated heterocycles. The maximum absolute atomic E-state index is 13.2. The van der Waals surface area contributed by atoms with Crippen molar-refractivity contribution < 1.29 is 23.4 Å². The number of piperidine rings is 1. The van der Waals surface area contributed by atoms with Gasteiger partial charge in [0, 0.05) is 43.1 Å². The lowest BCUT2D eigenvalue weighted by molar-refractivity contribution is -0.127. The molecule has 2 heterocycles. The smallest absolute Gasteiger partial charge is 0.245 e. The number of rotatable bonds is 8. The molecule has 1 aliphatic rings. The zero-order valence-electron chi connectivity index (χ0n) is 21.2. The first-order chi connectivity index (χ1) is 18.9. The number of ether oxygens (including phenoxy) is 3. The Morgan fingerprint density at radius 3 is 2.54 bits per heavy atom. The van der Waals surface area contributed by atoms with Gasteiger partial charge in [0.25, 0.3) is 0 Å². The van der Waals surface area contributed by atoms with Gasteiger partial charge < -0.3 is 24.4 Å². The highest BCUT2D eigenvalue weighted by atomic mass is 35.5. The van der Waals surface area contributed by atoms with E-state index in [1.807, 2.05) is 6.07 Å². The van der Waals surface area contributed by atoms with Gasteiger partial charge in [-0.2, -0.15) is 0 Å². The molecular weight excluding hydrogens is 523 g/mol. The number of fused-ring (bicyclic) bond motifs is 1. The Morgan fingerprint density at radius 1 is 1.08 bits per heavy atom. The van der Waals surface area contributed by atoms with Crippen LogP contribution in [0.25, 0.3) is 10.9 Å². The van der Waals surface area contributed by atoms with E-state index >= 15 is 0 Å². The number of amides is 1. The van der Waals surface area contributed by atoms with Crippen molar-refractivity contribution in [1.29, 1.82) is 0 Å². The minimum atomic E-state index is -0.346. The number of benzene rings is 3. The largest absolute Gasteiger partial charge is 0.493 e. The van der Waals surface area contributed by atoms with Crippen LogP contribution in [-0.2, 0) is 4.79 Å². The molecule has 200 valence electrons. The molecule has 1 fully saturated rings. The van der Waals surface area contributed by atoms with E-state index in [1.54, 1.807) is 36.3 Å². The standard InChI is InChI=1S/C29H26ClFN4O4/c1-3-28(36)35-12-10-21(11-13-35)39-27-15-22-24(16-26(27)37-2)32-17-33-29(22)34-19-6-9-25(23(30)14-19)38-20-7-4-18(31)5-8-20/h3-9,14-17,21H,1,10-13H2,2H3,(H,32,33,34). The van der Waals surface area contributed by atoms with Gasteiger partial charge in [-0.25, -0.2) is 14.4 Å². The van der Waals surface area contributed by atoms with Crippen LogP contribution in [0.1, 0.15) is 12.8 Å². The topological polar surface area (TPSA) is 85.8 Å². The second kappa shape index (κ2) is 11.6. The molecule has 4 aromatic rings. The minimum Gasteiger partial charge on any atom is -0.493 e. The molecule has 0 unspecified atom stereocenters. The Hall–Kier alpha value is -4.37. The van der Waals surface area contributed by atoms with Crippen LogP contribution in [0.3, 0.4) is 0 Å². The summed E-state index contributed by atoms with van der Waals surface area (Å²) in [6, 6.07) is 14.6. The fourth-order valence-electron chi connectivity index (χ4n) is 4.35. The van der Waals surface area contributed by atoms with Crippen LogP contribution in [0.5, 0.6) is 23.0 Å². The number of anilines is 2. The number of hydrogen-bond acceptors (Lipinski definition) is 7. The highest BCUT2D eigenvalue weighted by Crippen LogP contribution is 2.37. The number of methoxy groups -OCH3 is 1. The van der Waals surface area contributed by atoms with Crippen LogP contribution in [0.2, 0.25) is 5.02 Å². The third-order valence-corrected chi connectivity index (χ3v) is 6.67. The highest BCUT2D eigenvalue weighted by Gasteiger charge is 2.24. The number of aromatic nitrogens is 2. The normalized spacial score (nSPS) is 13.7. The summed E-state index contributed by atoms with van der Waals surface area (Å²) in [5.41, 5.74) is 1.36. The monoisotopic (exact) mass is 548 g/mol. The average Bonchev–Trinajstić information content (AvgIpc) is 2.95. The van der Waals surface area contributed by atoms with Gasteiger partial charge in [-0.1, -0.05) is 18.2 Å². The SMILES string of the molecule is C=CC(=O)N1CCC(Oc2cc3c(Nc4ccc(Oc5ccc(F)cc5)c(Cl)c4)ncnc3cc2OC)CC1. The molecular formula is C29H26ClFN4O4. The number of carbonyl (C=O) groups is 1. The number of nitrogens with zero attached hydrogens (tertiary/aromatic N) is 3. The zero-order chi connectivity index (χ0) is 27.4. The third-order valence-electron chi connectivity index (χ3n) is 6.38. The first-order valence-corrected chi connectivity index (χ1v) is 12.7. The molecule has 39 heavy (non-hydrogen) atoms. The Labute approximate surface area is 230 Å². The van der Waals surface area contributed by atoms with Crippen molar-refractivity contribution in [3.8, 4) is 23.0 Å². The van der Waals surface area contributed by atoms with Crippen LogP contribution in [0.15, 0.2) is 73.6 Å². The molecule has 0 spiro atoms. The van der Waals surface area contributed by atoms with E-state index in [9.17, 15) is 9.18 Å². The fourth-order valence-corrected chi connectivity index (χ4v) is 4.56. The molecule has 1 N–H and O–H groups in total. The molecule has 0 bridgehead atoms. The maximum atomic E-state index is 13.2. The summed E-state index contributed by atoms with van der Waals surface area (Å²) in [5.74, 6) is 2.17. The van der Waals surface area contributed by atoms with Crippen molar-refractivity contribution in [1.82, 2.24) is 14.9 Å². The Bertz CT molecular complexity index is 1510. The Morgan fingerprint density at radius 2 is 1.85 bits per heavy atom. The zero-order valence-corrected chi connectivity index (χ0v) is 22.0. The Balaban J connectivity index is 1.35. The minimum absolute atomic E-state index is 0.0697. The summed E-state index contributed by atoms with van der Waals surface area (Å²) in [6.07, 6.45) is 4.12. The van der Waals surface area contributed by atoms with Crippen molar-refractivity contribution in [3.05, 3.63) is 84.4 Å². The Kier molecular flexibility index (Phi) is 7.79. The molecule has 1 amide bonds. The third kappa shape index (κ3) is 6.04. The lowest BCUT2D eigenvalue weighted by Gasteiger charge is -2.31. The van der Waals surface area contributed by atoms with E-state index in [2.05, 4.69) is 21.9 Å². The molecule has 10 heteroatoms. The fraction of sp³-hybridized carbons (Fsp3) is 0.207. The van der Waals surface area contributed by atoms with Crippen molar-refractivity contribution >= 4 is 39.9 Å². The van der Waals surface area contributed by atoms with Gasteiger partial charge in [-0.3, -0.25) is 4.79 Å². The number of halogens is 2. The molecule has 1 aromatic heterocycles. The molecule has 1 aliphatic heterocycles. The van der Waals surface area contributed by atoms with E-state index in [4.69, 9.17) is 25.8 Å². The van der Waals surface area contributed by atoms with Gasteiger partial charge in [0.05, 0.1) is 17.6 Å². The number of hydrogen-bond donors (Lipinski definition) is 1. The second-order valence-corrected chi connectivity index (χ2v) is 9.32. The van der Waals surface area contributed by atoms with E-state index in [0.29, 0.717) is 71.0 Å². The lowest BCUT2D eigenvalue weighted by atomic mass is 10.1. The summed E-state index contributed by atoms with van der Waals surface area (Å²) in [4.78, 5) is 22.5. The van der Waals surface area contributed by atoms with Gasteiger partial charge in [0.1, 0.15) is 35.6 Å². The highest BCUT2D eigenvalue weighted by molar-refractivity contribution is 6.32. The van der Waals surface area contributed by atoms with Gasteiger partial charge in [-0.05, 0) is 54.6 Å². The molecule has 3 aromatic carbocycles. The number of nitrogens with one attached hydrogen (secondary N) is 1. The maximum Gasteiger partial charge on any atom is 0.245 e. The first kappa shape index (κ1) is 26.2. The van der Waals surface area contributed by atoms with Crippen molar-refractivity contribution in [2.75, 3.05) is 25.5 Å². The quantitative estimate of drug-likeness (QED) is 0.251. The van der Waals surface area contributed by atoms with Crippen LogP contribution in [-0.4, -0.2) is 47.1 Å². The average molecular weight is 549 g/mol. The summed E-state index contributed by atoms with van der Waals surface area (Å²) in [7, 11) is 1.58. The second-order valence-electron chi connectivity index (χ2n) is 8.92. The summed E-state index contributed by atoms with van der Waals surface area (Å²) < 4.78 is 30.8. The molecule has 5 rings (SSSR count). The molecule has 8 nitrogen and oxygen atoms in total. The molecule has 0 saturated carbocycles. The van der Waals surface area contributed by atoms with E-state index in [-0.39, 0.29) is 17.8 Å². The number of likely N-dealkylation sites (tertiary alicyclic amines) is 1. The lowest BCUT2D eigenvalue weighted by Crippen LogP contribution is -2.41. The summed E-state index contributed by atoms with van der Waals surface area (Å²) >= 11 is 6.47. The molecule has 0 atom stereocenters. The van der Waals surface area contributed by atoms with Crippen LogP contribution >= 0.6 is 11.6 Å². The van der Waals surface area contributed by atoms with E-state index in [0.717, 1.165) is 5.39 Å². The predicted octanol–water partition coefficient (Wildman–Crippen LogP) is 6.52. The van der Waals surface area contributed by atoms with Gasteiger partial charge in [0.2, 0.25) is 5.91 Å². The van der Waals surface area contributed by atoms with Crippen LogP contribution < -0.4 is 19.5 Å². The number of carbonyl (C=O) groups excluding carboxylic acids is 1. The van der Waals surface area contributed by atoms with E-state index in [1.165, 1.54) is 36.7 Å². The predicted molar refractivity (Wildman–Crippen MR) is 148 cm³/mol.